The molecule has 0 unspecified atom stereocenters. The van der Waals surface area contributed by atoms with Gasteiger partial charge in [0, 0.05) is 12.2 Å². The van der Waals surface area contributed by atoms with E-state index < -0.39 is 6.04 Å². The van der Waals surface area contributed by atoms with E-state index in [1.54, 1.807) is 0 Å². The van der Waals surface area contributed by atoms with Crippen LogP contribution in [0.3, 0.4) is 0 Å². The van der Waals surface area contributed by atoms with Gasteiger partial charge in [0.15, 0.2) is 0 Å². The molecule has 3 N–H and O–H groups in total. The number of amides is 1. The summed E-state index contributed by atoms with van der Waals surface area (Å²) in [5.41, 5.74) is 7.93. The highest BCUT2D eigenvalue weighted by Gasteiger charge is 2.17. The Morgan fingerprint density at radius 1 is 1.35 bits per heavy atom. The molecule has 4 heteroatoms. The van der Waals surface area contributed by atoms with Gasteiger partial charge in [0.05, 0.1) is 6.04 Å². The summed E-state index contributed by atoms with van der Waals surface area (Å²) >= 11 is 0. The summed E-state index contributed by atoms with van der Waals surface area (Å²) in [7, 11) is 0. The van der Waals surface area contributed by atoms with Crippen LogP contribution in [-0.4, -0.2) is 29.9 Å². The number of carbonyl (C=O) groups is 1. The van der Waals surface area contributed by atoms with Crippen molar-refractivity contribution in [3.05, 3.63) is 29.8 Å². The number of rotatable bonds is 5. The molecule has 1 amide bonds. The third-order valence-corrected chi connectivity index (χ3v) is 3.82. The third-order valence-electron chi connectivity index (χ3n) is 3.82. The Morgan fingerprint density at radius 3 is 2.70 bits per heavy atom. The van der Waals surface area contributed by atoms with Crippen LogP contribution >= 0.6 is 0 Å². The summed E-state index contributed by atoms with van der Waals surface area (Å²) < 4.78 is 0. The SMILES string of the molecule is CC(C)[C@@H](N)C(=O)Nc1cccc(CN2CCCC2)c1. The maximum Gasteiger partial charge on any atom is 0.241 e. The minimum absolute atomic E-state index is 0.113. The maximum atomic E-state index is 12.0. The Morgan fingerprint density at radius 2 is 2.05 bits per heavy atom. The molecule has 0 aliphatic carbocycles. The maximum absolute atomic E-state index is 12.0. The summed E-state index contributed by atoms with van der Waals surface area (Å²) in [5, 5.41) is 2.91. The Hall–Kier alpha value is -1.39. The molecular weight excluding hydrogens is 250 g/mol. The molecule has 0 spiro atoms. The van der Waals surface area contributed by atoms with Crippen LogP contribution in [0, 0.1) is 5.92 Å². The topological polar surface area (TPSA) is 58.4 Å². The predicted molar refractivity (Wildman–Crippen MR) is 82.4 cm³/mol. The quantitative estimate of drug-likeness (QED) is 0.866. The molecule has 0 bridgehead atoms. The van der Waals surface area contributed by atoms with Crippen molar-refractivity contribution in [2.24, 2.45) is 11.7 Å². The van der Waals surface area contributed by atoms with Crippen molar-refractivity contribution in [1.29, 1.82) is 0 Å². The zero-order chi connectivity index (χ0) is 14.5. The largest absolute Gasteiger partial charge is 0.325 e. The standard InChI is InChI=1S/C16H25N3O/c1-12(2)15(17)16(20)18-14-7-5-6-13(10-14)11-19-8-3-4-9-19/h5-7,10,12,15H,3-4,8-9,11,17H2,1-2H3,(H,18,20)/t15-/m1/s1. The number of anilines is 1. The van der Waals surface area contributed by atoms with Crippen LogP contribution in [0.5, 0.6) is 0 Å². The lowest BCUT2D eigenvalue weighted by atomic mass is 10.0. The van der Waals surface area contributed by atoms with Crippen molar-refractivity contribution in [2.45, 2.75) is 39.3 Å². The van der Waals surface area contributed by atoms with Gasteiger partial charge < -0.3 is 11.1 Å². The lowest BCUT2D eigenvalue weighted by Crippen LogP contribution is -2.39. The average molecular weight is 275 g/mol. The number of nitrogens with zero attached hydrogens (tertiary/aromatic N) is 1. The van der Waals surface area contributed by atoms with Crippen LogP contribution in [0.4, 0.5) is 5.69 Å². The van der Waals surface area contributed by atoms with E-state index in [2.05, 4.69) is 16.3 Å². The van der Waals surface area contributed by atoms with Gasteiger partial charge in [0.25, 0.3) is 0 Å². The van der Waals surface area contributed by atoms with Crippen molar-refractivity contribution in [3.8, 4) is 0 Å². The summed E-state index contributed by atoms with van der Waals surface area (Å²) in [6.45, 7) is 7.21. The number of hydrogen-bond acceptors (Lipinski definition) is 3. The summed E-state index contributed by atoms with van der Waals surface area (Å²) in [6.07, 6.45) is 2.58. The number of hydrogen-bond donors (Lipinski definition) is 2. The van der Waals surface area contributed by atoms with E-state index in [1.807, 2.05) is 32.0 Å². The predicted octanol–water partition coefficient (Wildman–Crippen LogP) is 2.20. The van der Waals surface area contributed by atoms with E-state index in [1.165, 1.54) is 31.5 Å². The highest BCUT2D eigenvalue weighted by atomic mass is 16.2. The lowest BCUT2D eigenvalue weighted by Gasteiger charge is -2.17. The number of nitrogens with one attached hydrogen (secondary N) is 1. The van der Waals surface area contributed by atoms with Gasteiger partial charge in [-0.3, -0.25) is 9.69 Å². The summed E-state index contributed by atoms with van der Waals surface area (Å²) in [6, 6.07) is 7.59. The average Bonchev–Trinajstić information content (AvgIpc) is 2.91. The molecule has 0 radical (unpaired) electrons. The van der Waals surface area contributed by atoms with E-state index in [-0.39, 0.29) is 11.8 Å². The highest BCUT2D eigenvalue weighted by molar-refractivity contribution is 5.94. The second kappa shape index (κ2) is 6.86. The fraction of sp³-hybridized carbons (Fsp3) is 0.562. The van der Waals surface area contributed by atoms with Gasteiger partial charge in [-0.15, -0.1) is 0 Å². The van der Waals surface area contributed by atoms with Crippen molar-refractivity contribution in [2.75, 3.05) is 18.4 Å². The number of likely N-dealkylation sites (tertiary alicyclic amines) is 1. The first kappa shape index (κ1) is 15.0. The van der Waals surface area contributed by atoms with E-state index in [9.17, 15) is 4.79 Å². The van der Waals surface area contributed by atoms with E-state index >= 15 is 0 Å². The molecule has 1 atom stereocenters. The minimum Gasteiger partial charge on any atom is -0.325 e. The molecule has 0 saturated carbocycles. The van der Waals surface area contributed by atoms with Crippen LogP contribution in [-0.2, 0) is 11.3 Å². The van der Waals surface area contributed by atoms with Crippen LogP contribution in [0.1, 0.15) is 32.3 Å². The summed E-state index contributed by atoms with van der Waals surface area (Å²) in [5.74, 6) is 0.0288. The molecule has 4 nitrogen and oxygen atoms in total. The van der Waals surface area contributed by atoms with Crippen LogP contribution in [0.15, 0.2) is 24.3 Å². The lowest BCUT2D eigenvalue weighted by molar-refractivity contribution is -0.118. The normalized spacial score (nSPS) is 17.4. The van der Waals surface area contributed by atoms with Crippen molar-refractivity contribution < 1.29 is 4.79 Å². The Labute approximate surface area is 121 Å². The molecule has 1 fully saturated rings. The second-order valence-corrected chi connectivity index (χ2v) is 5.94. The molecule has 20 heavy (non-hydrogen) atoms. The third kappa shape index (κ3) is 4.05. The first-order chi connectivity index (χ1) is 9.56. The van der Waals surface area contributed by atoms with Gasteiger partial charge in [0.2, 0.25) is 5.91 Å². The zero-order valence-electron chi connectivity index (χ0n) is 12.4. The number of benzene rings is 1. The van der Waals surface area contributed by atoms with Crippen LogP contribution < -0.4 is 11.1 Å². The van der Waals surface area contributed by atoms with Crippen molar-refractivity contribution >= 4 is 11.6 Å². The fourth-order valence-corrected chi connectivity index (χ4v) is 2.47. The molecule has 1 aromatic carbocycles. The molecular formula is C16H25N3O. The monoisotopic (exact) mass is 275 g/mol. The van der Waals surface area contributed by atoms with E-state index in [0.29, 0.717) is 0 Å². The second-order valence-electron chi connectivity index (χ2n) is 5.94. The van der Waals surface area contributed by atoms with Gasteiger partial charge in [-0.25, -0.2) is 0 Å². The van der Waals surface area contributed by atoms with Gasteiger partial charge in [-0.2, -0.15) is 0 Å². The molecule has 1 aromatic rings. The van der Waals surface area contributed by atoms with Crippen molar-refractivity contribution in [3.63, 3.8) is 0 Å². The molecule has 0 aromatic heterocycles. The minimum atomic E-state index is -0.461. The van der Waals surface area contributed by atoms with E-state index in [0.717, 1.165) is 12.2 Å². The van der Waals surface area contributed by atoms with Gasteiger partial charge in [-0.1, -0.05) is 26.0 Å². The van der Waals surface area contributed by atoms with E-state index in [4.69, 9.17) is 5.73 Å². The van der Waals surface area contributed by atoms with Crippen molar-refractivity contribution in [1.82, 2.24) is 4.90 Å². The smallest absolute Gasteiger partial charge is 0.241 e. The molecule has 110 valence electrons. The summed E-state index contributed by atoms with van der Waals surface area (Å²) in [4.78, 5) is 14.4. The van der Waals surface area contributed by atoms with Gasteiger partial charge >= 0.3 is 0 Å². The van der Waals surface area contributed by atoms with Crippen LogP contribution in [0.25, 0.3) is 0 Å². The molecule has 1 aliphatic heterocycles. The Bertz CT molecular complexity index is 453. The zero-order valence-corrected chi connectivity index (χ0v) is 12.4. The van der Waals surface area contributed by atoms with Gasteiger partial charge in [-0.05, 0) is 49.5 Å². The molecule has 1 heterocycles. The molecule has 2 rings (SSSR count). The first-order valence-corrected chi connectivity index (χ1v) is 7.44. The number of nitrogens with two attached hydrogens (primary N) is 1. The molecule has 1 aliphatic rings. The Kier molecular flexibility index (Phi) is 5.15. The highest BCUT2D eigenvalue weighted by Crippen LogP contribution is 2.16. The number of carbonyl (C=O) groups excluding carboxylic acids is 1. The van der Waals surface area contributed by atoms with Gasteiger partial charge in [0.1, 0.15) is 0 Å². The molecule has 1 saturated heterocycles. The van der Waals surface area contributed by atoms with Crippen LogP contribution in [0.2, 0.25) is 0 Å². The fourth-order valence-electron chi connectivity index (χ4n) is 2.47. The Balaban J connectivity index is 1.96. The first-order valence-electron chi connectivity index (χ1n) is 7.44.